The molecule has 4 aromatic rings. The van der Waals surface area contributed by atoms with E-state index < -0.39 is 11.7 Å². The molecule has 2 N–H and O–H groups in total. The summed E-state index contributed by atoms with van der Waals surface area (Å²) in [6, 6.07) is 15.4. The normalized spacial score (nSPS) is 13.6. The van der Waals surface area contributed by atoms with Gasteiger partial charge < -0.3 is 19.8 Å². The molecule has 3 heterocycles. The summed E-state index contributed by atoms with van der Waals surface area (Å²) in [6.45, 7) is 2.08. The number of para-hydroxylation sites is 2. The largest absolute Gasteiger partial charge is 0.361 e. The molecular formula is C26H26N4O3. The number of H-pyrrole nitrogens is 1. The van der Waals surface area contributed by atoms with Crippen LogP contribution in [0.1, 0.15) is 28.8 Å². The van der Waals surface area contributed by atoms with E-state index in [4.69, 9.17) is 0 Å². The Morgan fingerprint density at radius 1 is 0.939 bits per heavy atom. The Kier molecular flexibility index (Phi) is 5.69. The van der Waals surface area contributed by atoms with Crippen LogP contribution in [-0.4, -0.2) is 51.7 Å². The summed E-state index contributed by atoms with van der Waals surface area (Å²) in [4.78, 5) is 43.4. The van der Waals surface area contributed by atoms with Gasteiger partial charge in [-0.2, -0.15) is 0 Å². The lowest BCUT2D eigenvalue weighted by atomic mass is 10.1. The van der Waals surface area contributed by atoms with E-state index in [-0.39, 0.29) is 12.5 Å². The van der Waals surface area contributed by atoms with Gasteiger partial charge in [0.1, 0.15) is 6.54 Å². The predicted molar refractivity (Wildman–Crippen MR) is 127 cm³/mol. The molecule has 7 nitrogen and oxygen atoms in total. The van der Waals surface area contributed by atoms with Gasteiger partial charge in [-0.25, -0.2) is 0 Å². The number of nitrogens with zero attached hydrogens (tertiary/aromatic N) is 2. The van der Waals surface area contributed by atoms with E-state index in [2.05, 4.69) is 10.3 Å². The first-order valence-corrected chi connectivity index (χ1v) is 11.3. The summed E-state index contributed by atoms with van der Waals surface area (Å²) in [7, 11) is 0. The van der Waals surface area contributed by atoms with Crippen LogP contribution in [0.4, 0.5) is 0 Å². The van der Waals surface area contributed by atoms with Gasteiger partial charge >= 0.3 is 0 Å². The smallest absolute Gasteiger partial charge is 0.292 e. The van der Waals surface area contributed by atoms with E-state index in [1.165, 1.54) is 0 Å². The fraction of sp³-hybridized carbons (Fsp3) is 0.269. The van der Waals surface area contributed by atoms with Gasteiger partial charge in [-0.3, -0.25) is 14.4 Å². The first-order chi connectivity index (χ1) is 16.1. The van der Waals surface area contributed by atoms with Crippen molar-refractivity contribution in [2.45, 2.75) is 25.8 Å². The third-order valence-electron chi connectivity index (χ3n) is 6.36. The summed E-state index contributed by atoms with van der Waals surface area (Å²) in [5, 5.41) is 4.56. The number of hydrogen-bond acceptors (Lipinski definition) is 3. The Morgan fingerprint density at radius 3 is 2.48 bits per heavy atom. The molecule has 7 heteroatoms. The number of rotatable bonds is 7. The van der Waals surface area contributed by atoms with Gasteiger partial charge in [0.2, 0.25) is 5.91 Å². The van der Waals surface area contributed by atoms with Crippen molar-refractivity contribution in [1.29, 1.82) is 0 Å². The van der Waals surface area contributed by atoms with E-state index >= 15 is 0 Å². The van der Waals surface area contributed by atoms with Crippen molar-refractivity contribution in [1.82, 2.24) is 19.8 Å². The van der Waals surface area contributed by atoms with E-state index in [9.17, 15) is 14.4 Å². The molecule has 0 spiro atoms. The number of benzene rings is 2. The summed E-state index contributed by atoms with van der Waals surface area (Å²) in [6.07, 6.45) is 6.25. The Morgan fingerprint density at radius 2 is 1.67 bits per heavy atom. The lowest BCUT2D eigenvalue weighted by molar-refractivity contribution is -0.130. The number of nitrogens with one attached hydrogen (secondary N) is 2. The van der Waals surface area contributed by atoms with Crippen molar-refractivity contribution in [2.75, 3.05) is 19.6 Å². The first-order valence-electron chi connectivity index (χ1n) is 11.3. The molecule has 5 rings (SSSR count). The van der Waals surface area contributed by atoms with Crippen LogP contribution in [0, 0.1) is 0 Å². The van der Waals surface area contributed by atoms with Crippen LogP contribution in [0.25, 0.3) is 21.8 Å². The molecule has 168 valence electrons. The van der Waals surface area contributed by atoms with E-state index in [0.29, 0.717) is 23.9 Å². The molecule has 0 saturated carbocycles. The van der Waals surface area contributed by atoms with Crippen molar-refractivity contribution in [2.24, 2.45) is 0 Å². The summed E-state index contributed by atoms with van der Waals surface area (Å²) in [5.74, 6) is -1.18. The Bertz CT molecular complexity index is 1340. The van der Waals surface area contributed by atoms with Crippen molar-refractivity contribution < 1.29 is 14.4 Å². The summed E-state index contributed by atoms with van der Waals surface area (Å²) >= 11 is 0. The van der Waals surface area contributed by atoms with Crippen LogP contribution >= 0.6 is 0 Å². The van der Waals surface area contributed by atoms with E-state index in [0.717, 1.165) is 47.9 Å². The molecule has 1 saturated heterocycles. The zero-order valence-corrected chi connectivity index (χ0v) is 18.3. The minimum Gasteiger partial charge on any atom is -0.361 e. The van der Waals surface area contributed by atoms with Gasteiger partial charge in [0.15, 0.2) is 0 Å². The van der Waals surface area contributed by atoms with Crippen molar-refractivity contribution in [3.63, 3.8) is 0 Å². The minimum absolute atomic E-state index is 0.0374. The molecule has 2 amide bonds. The lowest BCUT2D eigenvalue weighted by Crippen LogP contribution is -2.32. The van der Waals surface area contributed by atoms with E-state index in [1.54, 1.807) is 10.8 Å². The second-order valence-electron chi connectivity index (χ2n) is 8.47. The Hall–Kier alpha value is -3.87. The average Bonchev–Trinajstić information content (AvgIpc) is 3.58. The second-order valence-corrected chi connectivity index (χ2v) is 8.47. The monoisotopic (exact) mass is 442 g/mol. The molecule has 33 heavy (non-hydrogen) atoms. The number of amides is 2. The van der Waals surface area contributed by atoms with Gasteiger partial charge in [0.05, 0.1) is 5.56 Å². The number of Topliss-reactive ketones (excluding diaryl/α,β-unsaturated/α-hetero) is 1. The van der Waals surface area contributed by atoms with Gasteiger partial charge in [0, 0.05) is 53.8 Å². The van der Waals surface area contributed by atoms with Crippen LogP contribution in [0.15, 0.2) is 60.9 Å². The first kappa shape index (κ1) is 21.0. The molecule has 0 bridgehead atoms. The maximum atomic E-state index is 13.0. The number of fused-ring (bicyclic) bond motifs is 2. The number of likely N-dealkylation sites (tertiary alicyclic amines) is 1. The number of carbonyl (C=O) groups excluding carboxylic acids is 3. The predicted octanol–water partition coefficient (Wildman–Crippen LogP) is 3.29. The Labute approximate surface area is 191 Å². The molecule has 0 aliphatic carbocycles. The minimum atomic E-state index is -0.636. The second kappa shape index (κ2) is 8.94. The molecule has 2 aromatic carbocycles. The maximum absolute atomic E-state index is 13.0. The highest BCUT2D eigenvalue weighted by Gasteiger charge is 2.24. The number of hydrogen-bond donors (Lipinski definition) is 2. The SMILES string of the molecule is O=C(NCCc1c[nH]c2ccccc12)C(=O)c1cn(CC(=O)N2CCCC2)c2ccccc12. The highest BCUT2D eigenvalue weighted by Crippen LogP contribution is 2.23. The lowest BCUT2D eigenvalue weighted by Gasteiger charge is -2.15. The molecule has 1 aliphatic rings. The highest BCUT2D eigenvalue weighted by molar-refractivity contribution is 6.45. The molecule has 2 aromatic heterocycles. The third kappa shape index (κ3) is 4.14. The van der Waals surface area contributed by atoms with E-state index in [1.807, 2.05) is 59.6 Å². The summed E-state index contributed by atoms with van der Waals surface area (Å²) < 4.78 is 1.78. The topological polar surface area (TPSA) is 87.2 Å². The number of carbonyl (C=O) groups is 3. The highest BCUT2D eigenvalue weighted by atomic mass is 16.2. The number of aromatic nitrogens is 2. The third-order valence-corrected chi connectivity index (χ3v) is 6.36. The fourth-order valence-electron chi connectivity index (χ4n) is 4.62. The molecule has 1 aliphatic heterocycles. The van der Waals surface area contributed by atoms with Crippen LogP contribution < -0.4 is 5.32 Å². The van der Waals surface area contributed by atoms with Crippen LogP contribution in [0.3, 0.4) is 0 Å². The molecule has 0 atom stereocenters. The molecule has 0 unspecified atom stereocenters. The van der Waals surface area contributed by atoms with Crippen LogP contribution in [-0.2, 0) is 22.6 Å². The Balaban J connectivity index is 1.29. The zero-order valence-electron chi connectivity index (χ0n) is 18.3. The number of ketones is 1. The van der Waals surface area contributed by atoms with Crippen LogP contribution in [0.5, 0.6) is 0 Å². The summed E-state index contributed by atoms with van der Waals surface area (Å²) in [5.41, 5.74) is 3.24. The molecular weight excluding hydrogens is 416 g/mol. The van der Waals surface area contributed by atoms with Crippen molar-refractivity contribution in [3.05, 3.63) is 72.1 Å². The van der Waals surface area contributed by atoms with Gasteiger partial charge in [0.25, 0.3) is 11.7 Å². The average molecular weight is 443 g/mol. The fourth-order valence-corrected chi connectivity index (χ4v) is 4.62. The van der Waals surface area contributed by atoms with Gasteiger partial charge in [-0.15, -0.1) is 0 Å². The van der Waals surface area contributed by atoms with Gasteiger partial charge in [-0.05, 0) is 37.0 Å². The molecule has 1 fully saturated rings. The zero-order chi connectivity index (χ0) is 22.8. The maximum Gasteiger partial charge on any atom is 0.292 e. The van der Waals surface area contributed by atoms with Crippen LogP contribution in [0.2, 0.25) is 0 Å². The van der Waals surface area contributed by atoms with Crippen molar-refractivity contribution in [3.8, 4) is 0 Å². The van der Waals surface area contributed by atoms with Crippen molar-refractivity contribution >= 4 is 39.4 Å². The quantitative estimate of drug-likeness (QED) is 0.340. The molecule has 0 radical (unpaired) electrons. The van der Waals surface area contributed by atoms with Gasteiger partial charge in [-0.1, -0.05) is 36.4 Å². The number of aromatic amines is 1. The standard InChI is InChI=1S/C26H26N4O3/c31-24(29-13-5-6-14-29)17-30-16-21(20-8-2-4-10-23(20)30)25(32)26(33)27-12-11-18-15-28-22-9-3-1-7-19(18)22/h1-4,7-10,15-16,28H,5-6,11-14,17H2,(H,27,33).